The standard InChI is InChI=1S/C22H29NO4/c1-4-20(26-3)12-8-9-17(2)13-14-21(24)23-19(16-27-22(23)25)15-18-10-6-5-7-11-18/h4-7,9-11,19-20H,1,8,12-16H2,2-3H3/b17-9-. The predicted octanol–water partition coefficient (Wildman–Crippen LogP) is 4.28. The van der Waals surface area contributed by atoms with Gasteiger partial charge in [-0.05, 0) is 38.2 Å². The van der Waals surface area contributed by atoms with Crippen LogP contribution in [0.25, 0.3) is 0 Å². The number of ether oxygens (including phenoxy) is 2. The largest absolute Gasteiger partial charge is 0.447 e. The van der Waals surface area contributed by atoms with Crippen LogP contribution in [0.4, 0.5) is 4.79 Å². The maximum atomic E-state index is 12.6. The molecule has 1 aromatic rings. The highest BCUT2D eigenvalue weighted by molar-refractivity contribution is 5.93. The van der Waals surface area contributed by atoms with Crippen molar-refractivity contribution in [1.82, 2.24) is 4.90 Å². The van der Waals surface area contributed by atoms with Crippen molar-refractivity contribution in [2.75, 3.05) is 13.7 Å². The van der Waals surface area contributed by atoms with E-state index in [0.717, 1.165) is 24.0 Å². The Kier molecular flexibility index (Phi) is 8.27. The van der Waals surface area contributed by atoms with E-state index in [4.69, 9.17) is 9.47 Å². The zero-order valence-corrected chi connectivity index (χ0v) is 16.2. The lowest BCUT2D eigenvalue weighted by Crippen LogP contribution is -2.40. The highest BCUT2D eigenvalue weighted by Crippen LogP contribution is 2.20. The fraction of sp³-hybridized carbons (Fsp3) is 0.455. The van der Waals surface area contributed by atoms with E-state index in [0.29, 0.717) is 19.3 Å². The molecule has 1 aliphatic heterocycles. The van der Waals surface area contributed by atoms with Gasteiger partial charge in [0.2, 0.25) is 5.91 Å². The quantitative estimate of drug-likeness (QED) is 0.576. The molecule has 1 aliphatic rings. The average Bonchev–Trinajstić information content (AvgIpc) is 3.04. The number of carbonyl (C=O) groups excluding carboxylic acids is 2. The Morgan fingerprint density at radius 1 is 1.37 bits per heavy atom. The zero-order valence-electron chi connectivity index (χ0n) is 16.2. The second kappa shape index (κ2) is 10.7. The van der Waals surface area contributed by atoms with Gasteiger partial charge in [0.1, 0.15) is 6.61 Å². The Hall–Kier alpha value is -2.40. The molecule has 27 heavy (non-hydrogen) atoms. The molecule has 2 unspecified atom stereocenters. The number of amides is 2. The molecule has 1 heterocycles. The number of allylic oxidation sites excluding steroid dienone is 2. The normalized spacial score (nSPS) is 18.3. The third-order valence-corrected chi connectivity index (χ3v) is 4.79. The molecule has 5 nitrogen and oxygen atoms in total. The monoisotopic (exact) mass is 371 g/mol. The molecular weight excluding hydrogens is 342 g/mol. The summed E-state index contributed by atoms with van der Waals surface area (Å²) in [5.74, 6) is -0.174. The summed E-state index contributed by atoms with van der Waals surface area (Å²) in [6.07, 6.45) is 6.71. The number of methoxy groups -OCH3 is 1. The molecule has 2 amide bonds. The van der Waals surface area contributed by atoms with Crippen LogP contribution in [0.2, 0.25) is 0 Å². The number of carbonyl (C=O) groups is 2. The van der Waals surface area contributed by atoms with Crippen LogP contribution in [0.5, 0.6) is 0 Å². The van der Waals surface area contributed by atoms with Gasteiger partial charge in [0.25, 0.3) is 0 Å². The topological polar surface area (TPSA) is 55.8 Å². The Labute approximate surface area is 161 Å². The van der Waals surface area contributed by atoms with Gasteiger partial charge < -0.3 is 9.47 Å². The van der Waals surface area contributed by atoms with Crippen molar-refractivity contribution < 1.29 is 19.1 Å². The molecule has 0 saturated carbocycles. The minimum absolute atomic E-state index is 0.0498. The molecule has 2 rings (SSSR count). The van der Waals surface area contributed by atoms with Gasteiger partial charge >= 0.3 is 6.09 Å². The van der Waals surface area contributed by atoms with Crippen LogP contribution in [-0.4, -0.2) is 42.8 Å². The van der Waals surface area contributed by atoms with Gasteiger partial charge in [-0.3, -0.25) is 4.79 Å². The fourth-order valence-electron chi connectivity index (χ4n) is 3.16. The Morgan fingerprint density at radius 3 is 2.78 bits per heavy atom. The lowest BCUT2D eigenvalue weighted by Gasteiger charge is -2.19. The van der Waals surface area contributed by atoms with E-state index in [-0.39, 0.29) is 24.7 Å². The zero-order chi connectivity index (χ0) is 19.6. The molecule has 0 spiro atoms. The summed E-state index contributed by atoms with van der Waals surface area (Å²) in [5, 5.41) is 0. The highest BCUT2D eigenvalue weighted by atomic mass is 16.6. The van der Waals surface area contributed by atoms with E-state index >= 15 is 0 Å². The summed E-state index contributed by atoms with van der Waals surface area (Å²) < 4.78 is 10.4. The molecule has 1 fully saturated rings. The summed E-state index contributed by atoms with van der Waals surface area (Å²) in [7, 11) is 1.67. The molecule has 1 saturated heterocycles. The molecule has 146 valence electrons. The van der Waals surface area contributed by atoms with Crippen LogP contribution in [-0.2, 0) is 20.7 Å². The summed E-state index contributed by atoms with van der Waals surface area (Å²) >= 11 is 0. The van der Waals surface area contributed by atoms with Crippen molar-refractivity contribution in [3.63, 3.8) is 0 Å². The first kappa shape index (κ1) is 20.9. The van der Waals surface area contributed by atoms with E-state index in [1.165, 1.54) is 4.90 Å². The summed E-state index contributed by atoms with van der Waals surface area (Å²) in [6, 6.07) is 9.61. The number of hydrogen-bond donors (Lipinski definition) is 0. The molecule has 0 aromatic heterocycles. The minimum Gasteiger partial charge on any atom is -0.447 e. The minimum atomic E-state index is -0.531. The van der Waals surface area contributed by atoms with Crippen molar-refractivity contribution in [3.05, 3.63) is 60.2 Å². The van der Waals surface area contributed by atoms with Gasteiger partial charge in [-0.2, -0.15) is 0 Å². The Bertz CT molecular complexity index is 668. The molecule has 0 N–H and O–H groups in total. The fourth-order valence-corrected chi connectivity index (χ4v) is 3.16. The van der Waals surface area contributed by atoms with Gasteiger partial charge in [-0.1, -0.05) is 48.1 Å². The molecule has 0 aliphatic carbocycles. The Morgan fingerprint density at radius 2 is 2.11 bits per heavy atom. The average molecular weight is 371 g/mol. The van der Waals surface area contributed by atoms with Gasteiger partial charge in [0.15, 0.2) is 0 Å². The maximum absolute atomic E-state index is 12.6. The predicted molar refractivity (Wildman–Crippen MR) is 105 cm³/mol. The molecule has 5 heteroatoms. The van der Waals surface area contributed by atoms with Crippen LogP contribution in [0.1, 0.15) is 38.2 Å². The van der Waals surface area contributed by atoms with Gasteiger partial charge in [0, 0.05) is 13.5 Å². The van der Waals surface area contributed by atoms with E-state index < -0.39 is 6.09 Å². The van der Waals surface area contributed by atoms with Crippen LogP contribution in [0.3, 0.4) is 0 Å². The number of rotatable bonds is 10. The van der Waals surface area contributed by atoms with E-state index in [2.05, 4.69) is 12.7 Å². The maximum Gasteiger partial charge on any atom is 0.416 e. The van der Waals surface area contributed by atoms with E-state index in [9.17, 15) is 9.59 Å². The molecule has 0 bridgehead atoms. The first-order valence-corrected chi connectivity index (χ1v) is 9.39. The number of hydrogen-bond acceptors (Lipinski definition) is 4. The molecule has 2 atom stereocenters. The van der Waals surface area contributed by atoms with Crippen LogP contribution >= 0.6 is 0 Å². The molecule has 0 radical (unpaired) electrons. The van der Waals surface area contributed by atoms with Gasteiger partial charge in [-0.25, -0.2) is 9.69 Å². The van der Waals surface area contributed by atoms with Gasteiger partial charge in [-0.15, -0.1) is 6.58 Å². The van der Waals surface area contributed by atoms with Crippen LogP contribution in [0, 0.1) is 0 Å². The number of nitrogens with zero attached hydrogens (tertiary/aromatic N) is 1. The summed E-state index contributed by atoms with van der Waals surface area (Å²) in [4.78, 5) is 25.9. The van der Waals surface area contributed by atoms with Crippen molar-refractivity contribution >= 4 is 12.0 Å². The summed E-state index contributed by atoms with van der Waals surface area (Å²) in [5.41, 5.74) is 2.22. The third kappa shape index (κ3) is 6.36. The number of benzene rings is 1. The van der Waals surface area contributed by atoms with E-state index in [1.54, 1.807) is 13.2 Å². The van der Waals surface area contributed by atoms with Crippen molar-refractivity contribution in [1.29, 1.82) is 0 Å². The number of imide groups is 1. The first-order valence-electron chi connectivity index (χ1n) is 9.39. The Balaban J connectivity index is 1.85. The van der Waals surface area contributed by atoms with Crippen molar-refractivity contribution in [3.8, 4) is 0 Å². The van der Waals surface area contributed by atoms with Crippen molar-refractivity contribution in [2.24, 2.45) is 0 Å². The van der Waals surface area contributed by atoms with Crippen LogP contribution < -0.4 is 0 Å². The third-order valence-electron chi connectivity index (χ3n) is 4.79. The van der Waals surface area contributed by atoms with Crippen LogP contribution in [0.15, 0.2) is 54.6 Å². The SMILES string of the molecule is C=CC(CC/C=C(/C)CCC(=O)N1C(=O)OCC1Cc1ccccc1)OC. The van der Waals surface area contributed by atoms with Gasteiger partial charge in [0.05, 0.1) is 12.1 Å². The van der Waals surface area contributed by atoms with Crippen molar-refractivity contribution in [2.45, 2.75) is 51.2 Å². The summed E-state index contributed by atoms with van der Waals surface area (Å²) in [6.45, 7) is 6.00. The smallest absolute Gasteiger partial charge is 0.416 e. The highest BCUT2D eigenvalue weighted by Gasteiger charge is 2.37. The second-order valence-electron chi connectivity index (χ2n) is 6.82. The lowest BCUT2D eigenvalue weighted by molar-refractivity contribution is -0.129. The lowest BCUT2D eigenvalue weighted by atomic mass is 10.0. The van der Waals surface area contributed by atoms with E-state index in [1.807, 2.05) is 37.3 Å². The first-order chi connectivity index (χ1) is 13.0. The molecule has 1 aromatic carbocycles. The second-order valence-corrected chi connectivity index (χ2v) is 6.82. The molecular formula is C22H29NO4. The number of cyclic esters (lactones) is 1.